The number of non-ortho nitro benzene ring substituents is 1. The van der Waals surface area contributed by atoms with E-state index in [1.807, 2.05) is 0 Å². The maximum atomic E-state index is 10.6. The lowest BCUT2D eigenvalue weighted by molar-refractivity contribution is -0.384. The summed E-state index contributed by atoms with van der Waals surface area (Å²) in [5.74, 6) is 0.580. The number of nitrogens with two attached hydrogens (primary N) is 1. The molecule has 0 saturated carbocycles. The van der Waals surface area contributed by atoms with Crippen LogP contribution >= 0.6 is 11.8 Å². The lowest BCUT2D eigenvalue weighted by atomic mass is 10.1. The van der Waals surface area contributed by atoms with Crippen LogP contribution < -0.4 is 5.73 Å². The monoisotopic (exact) mass is 236 g/mol. The average Bonchev–Trinajstić information content (AvgIpc) is 2.30. The van der Waals surface area contributed by atoms with Crippen LogP contribution in [0.25, 0.3) is 0 Å². The van der Waals surface area contributed by atoms with Crippen LogP contribution in [0.5, 0.6) is 0 Å². The Balaban J connectivity index is 2.34. The first-order valence-electron chi connectivity index (χ1n) is 4.44. The van der Waals surface area contributed by atoms with Crippen molar-refractivity contribution >= 4 is 28.3 Å². The minimum absolute atomic E-state index is 0.0488. The van der Waals surface area contributed by atoms with Gasteiger partial charge in [0.1, 0.15) is 0 Å². The first-order chi connectivity index (χ1) is 7.66. The Labute approximate surface area is 95.4 Å². The topological polar surface area (TPSA) is 93.9 Å². The predicted molar refractivity (Wildman–Crippen MR) is 63.7 cm³/mol. The molecule has 0 aliphatic carbocycles. The molecule has 6 nitrogen and oxygen atoms in total. The molecule has 16 heavy (non-hydrogen) atoms. The number of nitrogens with zero attached hydrogens (tertiary/aromatic N) is 3. The van der Waals surface area contributed by atoms with Gasteiger partial charge in [-0.25, -0.2) is 0 Å². The number of rotatable bonds is 2. The van der Waals surface area contributed by atoms with Crippen molar-refractivity contribution in [3.05, 3.63) is 39.9 Å². The number of hydrogen-bond acceptors (Lipinski definition) is 6. The fourth-order valence-electron chi connectivity index (χ4n) is 1.25. The van der Waals surface area contributed by atoms with E-state index < -0.39 is 4.92 Å². The minimum Gasteiger partial charge on any atom is -0.377 e. The highest BCUT2D eigenvalue weighted by Crippen LogP contribution is 2.18. The summed E-state index contributed by atoms with van der Waals surface area (Å²) in [5.41, 5.74) is 6.90. The Kier molecular flexibility index (Phi) is 2.86. The number of thioether (sulfide) groups is 1. The molecule has 0 saturated heterocycles. The normalized spacial score (nSPS) is 15.2. The van der Waals surface area contributed by atoms with Gasteiger partial charge in [0.25, 0.3) is 5.69 Å². The summed E-state index contributed by atoms with van der Waals surface area (Å²) in [6.07, 6.45) is 0. The Morgan fingerprint density at radius 1 is 1.44 bits per heavy atom. The van der Waals surface area contributed by atoms with Gasteiger partial charge in [-0.3, -0.25) is 10.1 Å². The van der Waals surface area contributed by atoms with Crippen LogP contribution in [0.1, 0.15) is 5.56 Å². The Morgan fingerprint density at radius 3 is 2.88 bits per heavy atom. The van der Waals surface area contributed by atoms with Gasteiger partial charge < -0.3 is 5.73 Å². The second-order valence-corrected chi connectivity index (χ2v) is 4.08. The highest BCUT2D eigenvalue weighted by atomic mass is 32.2. The Morgan fingerprint density at radius 2 is 2.25 bits per heavy atom. The summed E-state index contributed by atoms with van der Waals surface area (Å²) >= 11 is 1.36. The van der Waals surface area contributed by atoms with Crippen LogP contribution in [0.4, 0.5) is 5.69 Å². The van der Waals surface area contributed by atoms with E-state index in [1.54, 1.807) is 12.1 Å². The van der Waals surface area contributed by atoms with Gasteiger partial charge in [0, 0.05) is 23.4 Å². The highest BCUT2D eigenvalue weighted by molar-refractivity contribution is 8.14. The lowest BCUT2D eigenvalue weighted by Crippen LogP contribution is -2.16. The quantitative estimate of drug-likeness (QED) is 0.619. The molecule has 0 amide bonds. The molecule has 1 aromatic carbocycles. The van der Waals surface area contributed by atoms with E-state index in [9.17, 15) is 10.1 Å². The van der Waals surface area contributed by atoms with E-state index in [4.69, 9.17) is 5.73 Å². The maximum Gasteiger partial charge on any atom is 0.270 e. The summed E-state index contributed by atoms with van der Waals surface area (Å²) in [6.45, 7) is 0. The summed E-state index contributed by atoms with van der Waals surface area (Å²) in [6, 6.07) is 6.32. The van der Waals surface area contributed by atoms with Gasteiger partial charge in [0.05, 0.1) is 10.6 Å². The summed E-state index contributed by atoms with van der Waals surface area (Å²) < 4.78 is 0. The molecule has 1 aliphatic rings. The van der Waals surface area contributed by atoms with Crippen molar-refractivity contribution in [3.8, 4) is 0 Å². The van der Waals surface area contributed by atoms with Crippen LogP contribution in [0.15, 0.2) is 34.5 Å². The number of hydrogen-bond donors (Lipinski definition) is 1. The molecule has 0 unspecified atom stereocenters. The van der Waals surface area contributed by atoms with Crippen molar-refractivity contribution in [2.75, 3.05) is 5.75 Å². The van der Waals surface area contributed by atoms with Crippen LogP contribution in [-0.4, -0.2) is 21.6 Å². The molecule has 1 aliphatic heterocycles. The van der Waals surface area contributed by atoms with Gasteiger partial charge in [-0.1, -0.05) is 23.9 Å². The molecule has 0 atom stereocenters. The van der Waals surface area contributed by atoms with Crippen molar-refractivity contribution in [1.82, 2.24) is 0 Å². The molecular weight excluding hydrogens is 228 g/mol. The van der Waals surface area contributed by atoms with E-state index in [1.165, 1.54) is 23.9 Å². The SMILES string of the molecule is NC1=NN=C(c2cccc([N+](=O)[O-])c2)CS1. The summed E-state index contributed by atoms with van der Waals surface area (Å²) in [7, 11) is 0. The van der Waals surface area contributed by atoms with Gasteiger partial charge in [0.15, 0.2) is 5.17 Å². The zero-order valence-electron chi connectivity index (χ0n) is 8.16. The van der Waals surface area contributed by atoms with Gasteiger partial charge in [-0.15, -0.1) is 5.10 Å². The maximum absolute atomic E-state index is 10.6. The van der Waals surface area contributed by atoms with Crippen molar-refractivity contribution in [1.29, 1.82) is 0 Å². The fraction of sp³-hybridized carbons (Fsp3) is 0.111. The van der Waals surface area contributed by atoms with Gasteiger partial charge in [-0.2, -0.15) is 5.10 Å². The molecule has 1 heterocycles. The predicted octanol–water partition coefficient (Wildman–Crippen LogP) is 1.36. The van der Waals surface area contributed by atoms with E-state index in [-0.39, 0.29) is 5.69 Å². The Hall–Kier alpha value is -1.89. The molecule has 1 aromatic rings. The molecule has 7 heteroatoms. The number of nitro benzene ring substituents is 1. The summed E-state index contributed by atoms with van der Waals surface area (Å²) in [4.78, 5) is 10.2. The lowest BCUT2D eigenvalue weighted by Gasteiger charge is -2.08. The van der Waals surface area contributed by atoms with Crippen LogP contribution in [0, 0.1) is 10.1 Å². The van der Waals surface area contributed by atoms with Gasteiger partial charge >= 0.3 is 0 Å². The van der Waals surface area contributed by atoms with Crippen molar-refractivity contribution in [2.45, 2.75) is 0 Å². The van der Waals surface area contributed by atoms with Crippen molar-refractivity contribution in [3.63, 3.8) is 0 Å². The standard InChI is InChI=1S/C9H8N4O2S/c10-9-12-11-8(5-16-9)6-2-1-3-7(4-6)13(14)15/h1-4H,5H2,(H2,10,12). The van der Waals surface area contributed by atoms with E-state index >= 15 is 0 Å². The van der Waals surface area contributed by atoms with E-state index in [0.717, 1.165) is 0 Å². The molecule has 0 bridgehead atoms. The van der Waals surface area contributed by atoms with Crippen molar-refractivity contribution in [2.24, 2.45) is 15.9 Å². The van der Waals surface area contributed by atoms with E-state index in [2.05, 4.69) is 10.2 Å². The first kappa shape index (κ1) is 10.6. The zero-order valence-corrected chi connectivity index (χ0v) is 8.98. The second-order valence-electron chi connectivity index (χ2n) is 3.08. The second kappa shape index (κ2) is 4.31. The van der Waals surface area contributed by atoms with Crippen LogP contribution in [-0.2, 0) is 0 Å². The molecule has 2 N–H and O–H groups in total. The molecule has 0 radical (unpaired) electrons. The molecule has 0 spiro atoms. The van der Waals surface area contributed by atoms with Crippen LogP contribution in [0.2, 0.25) is 0 Å². The highest BCUT2D eigenvalue weighted by Gasteiger charge is 2.13. The van der Waals surface area contributed by atoms with Gasteiger partial charge in [0.2, 0.25) is 0 Å². The van der Waals surface area contributed by atoms with E-state index in [0.29, 0.717) is 22.2 Å². The molecule has 0 aromatic heterocycles. The van der Waals surface area contributed by atoms with Gasteiger partial charge in [-0.05, 0) is 0 Å². The Bertz CT molecular complexity index is 498. The average molecular weight is 236 g/mol. The minimum atomic E-state index is -0.433. The molecule has 82 valence electrons. The summed E-state index contributed by atoms with van der Waals surface area (Å²) in [5, 5.41) is 18.7. The third kappa shape index (κ3) is 2.19. The van der Waals surface area contributed by atoms with Crippen LogP contribution in [0.3, 0.4) is 0 Å². The number of amidine groups is 1. The van der Waals surface area contributed by atoms with Crippen molar-refractivity contribution < 1.29 is 4.92 Å². The fourth-order valence-corrected chi connectivity index (χ4v) is 1.86. The zero-order chi connectivity index (χ0) is 11.5. The smallest absolute Gasteiger partial charge is 0.270 e. The molecular formula is C9H8N4O2S. The molecule has 0 fully saturated rings. The third-order valence-electron chi connectivity index (χ3n) is 2.02. The number of benzene rings is 1. The number of nitro groups is 1. The largest absolute Gasteiger partial charge is 0.377 e. The first-order valence-corrected chi connectivity index (χ1v) is 5.43. The third-order valence-corrected chi connectivity index (χ3v) is 2.81. The molecule has 2 rings (SSSR count).